The third-order valence-electron chi connectivity index (χ3n) is 6.33. The van der Waals surface area contributed by atoms with Gasteiger partial charge in [-0.3, -0.25) is 34.9 Å². The van der Waals surface area contributed by atoms with Crippen LogP contribution in [0.1, 0.15) is 23.2 Å². The first-order valence-electron chi connectivity index (χ1n) is 11.2. The summed E-state index contributed by atoms with van der Waals surface area (Å²) in [5.41, 5.74) is 6.76. The molecule has 1 aliphatic heterocycles. The Hall–Kier alpha value is -4.04. The summed E-state index contributed by atoms with van der Waals surface area (Å²) < 4.78 is 0. The highest BCUT2D eigenvalue weighted by molar-refractivity contribution is 6.33. The van der Waals surface area contributed by atoms with E-state index in [0.29, 0.717) is 40.0 Å². The lowest BCUT2D eigenvalue weighted by molar-refractivity contribution is -0.143. The Morgan fingerprint density at radius 2 is 1.60 bits per heavy atom. The van der Waals surface area contributed by atoms with Crippen molar-refractivity contribution in [2.45, 2.75) is 12.8 Å². The van der Waals surface area contributed by atoms with Gasteiger partial charge in [0.1, 0.15) is 6.54 Å². The average molecular weight is 489 g/mol. The Kier molecular flexibility index (Phi) is 6.05. The highest BCUT2D eigenvalue weighted by Gasteiger charge is 2.47. The van der Waals surface area contributed by atoms with E-state index < -0.39 is 30.2 Å². The summed E-state index contributed by atoms with van der Waals surface area (Å²) in [6.07, 6.45) is 4.75. The molecule has 0 saturated carbocycles. The number of aromatic nitrogens is 1. The van der Waals surface area contributed by atoms with Gasteiger partial charge in [0.2, 0.25) is 11.8 Å². The van der Waals surface area contributed by atoms with E-state index >= 15 is 0 Å². The molecule has 3 aromatic rings. The molecule has 1 fully saturated rings. The number of likely N-dealkylation sites (tertiary alicyclic amines) is 1. The Balaban J connectivity index is 1.33. The highest BCUT2D eigenvalue weighted by atomic mass is 35.5. The summed E-state index contributed by atoms with van der Waals surface area (Å²) in [4.78, 5) is 56.3. The van der Waals surface area contributed by atoms with Crippen LogP contribution in [0.5, 0.6) is 0 Å². The van der Waals surface area contributed by atoms with Crippen molar-refractivity contribution in [2.75, 3.05) is 6.54 Å². The highest BCUT2D eigenvalue weighted by Crippen LogP contribution is 2.35. The van der Waals surface area contributed by atoms with E-state index in [4.69, 9.17) is 11.6 Å². The minimum absolute atomic E-state index is 0.288. The second-order valence-corrected chi connectivity index (χ2v) is 8.88. The molecule has 2 heterocycles. The van der Waals surface area contributed by atoms with E-state index in [1.54, 1.807) is 42.5 Å². The molecule has 9 heteroatoms. The van der Waals surface area contributed by atoms with Crippen LogP contribution < -0.4 is 10.9 Å². The van der Waals surface area contributed by atoms with E-state index in [2.05, 4.69) is 15.8 Å². The third-order valence-corrected chi connectivity index (χ3v) is 6.66. The molecule has 1 aromatic heterocycles. The number of nitrogens with zero attached hydrogens (tertiary/aromatic N) is 2. The Labute approximate surface area is 205 Å². The van der Waals surface area contributed by atoms with Gasteiger partial charge in [-0.1, -0.05) is 60.2 Å². The van der Waals surface area contributed by atoms with Gasteiger partial charge in [-0.25, -0.2) is 4.98 Å². The molecular weight excluding hydrogens is 468 g/mol. The summed E-state index contributed by atoms with van der Waals surface area (Å²) in [6.45, 7) is -0.451. The van der Waals surface area contributed by atoms with E-state index in [9.17, 15) is 19.2 Å². The van der Waals surface area contributed by atoms with Crippen molar-refractivity contribution in [2.24, 2.45) is 11.8 Å². The number of rotatable bonds is 4. The van der Waals surface area contributed by atoms with Crippen LogP contribution in [0.3, 0.4) is 0 Å². The topological polar surface area (TPSA) is 108 Å². The minimum Gasteiger partial charge on any atom is -0.274 e. The number of carbonyl (C=O) groups excluding carboxylic acids is 4. The van der Waals surface area contributed by atoms with Crippen LogP contribution in [0.15, 0.2) is 66.7 Å². The summed E-state index contributed by atoms with van der Waals surface area (Å²) in [6, 6.07) is 15.9. The second kappa shape index (κ2) is 9.31. The first-order chi connectivity index (χ1) is 16.9. The fraction of sp³-hybridized carbons (Fsp3) is 0.192. The second-order valence-electron chi connectivity index (χ2n) is 8.47. The number of allylic oxidation sites excluding steroid dienone is 2. The number of amides is 4. The summed E-state index contributed by atoms with van der Waals surface area (Å²) >= 11 is 6.33. The molecule has 1 aliphatic carbocycles. The maximum Gasteiger partial charge on any atom is 0.270 e. The summed E-state index contributed by atoms with van der Waals surface area (Å²) in [5.74, 6) is -2.77. The van der Waals surface area contributed by atoms with Crippen molar-refractivity contribution in [1.29, 1.82) is 0 Å². The third kappa shape index (κ3) is 4.28. The SMILES string of the molecule is O=C(CN1C(=O)[C@H]2CC=CC[C@@H]2C1=O)NNC(=O)c1cc(-c2ccccc2Cl)nc2ccccc12. The normalized spacial score (nSPS) is 19.1. The van der Waals surface area contributed by atoms with Crippen LogP contribution in [0.2, 0.25) is 5.02 Å². The number of hydrazine groups is 1. The lowest BCUT2D eigenvalue weighted by Gasteiger charge is -2.15. The number of hydrogen-bond acceptors (Lipinski definition) is 5. The van der Waals surface area contributed by atoms with Gasteiger partial charge in [0, 0.05) is 16.0 Å². The number of benzene rings is 2. The zero-order valence-electron chi connectivity index (χ0n) is 18.5. The van der Waals surface area contributed by atoms with Gasteiger partial charge < -0.3 is 0 Å². The molecule has 5 rings (SSSR count). The van der Waals surface area contributed by atoms with Gasteiger partial charge in [-0.2, -0.15) is 0 Å². The fourth-order valence-electron chi connectivity index (χ4n) is 4.57. The lowest BCUT2D eigenvalue weighted by Crippen LogP contribution is -2.48. The fourth-order valence-corrected chi connectivity index (χ4v) is 4.80. The van der Waals surface area contributed by atoms with Gasteiger partial charge in [0.25, 0.3) is 11.8 Å². The predicted molar refractivity (Wildman–Crippen MR) is 130 cm³/mol. The van der Waals surface area contributed by atoms with Gasteiger partial charge in [-0.05, 0) is 31.0 Å². The molecule has 35 heavy (non-hydrogen) atoms. The first-order valence-corrected chi connectivity index (χ1v) is 11.6. The number of carbonyl (C=O) groups is 4. The maximum atomic E-state index is 13.1. The number of fused-ring (bicyclic) bond motifs is 2. The maximum absolute atomic E-state index is 13.1. The number of para-hydroxylation sites is 1. The standard InChI is InChI=1S/C26H21ClN4O4/c27-20-11-5-3-10-18(20)22-13-19(15-7-4-6-12-21(15)28-22)24(33)30-29-23(32)14-31-25(34)16-8-1-2-9-17(16)26(31)35/h1-7,10-13,16-17H,8-9,14H2,(H,29,32)(H,30,33)/t16-,17-/m0/s1. The van der Waals surface area contributed by atoms with Gasteiger partial charge in [-0.15, -0.1) is 0 Å². The largest absolute Gasteiger partial charge is 0.274 e. The van der Waals surface area contributed by atoms with Crippen molar-refractivity contribution in [3.63, 3.8) is 0 Å². The Morgan fingerprint density at radius 1 is 0.943 bits per heavy atom. The van der Waals surface area contributed by atoms with Gasteiger partial charge >= 0.3 is 0 Å². The molecule has 176 valence electrons. The van der Waals surface area contributed by atoms with Crippen molar-refractivity contribution >= 4 is 46.1 Å². The zero-order valence-corrected chi connectivity index (χ0v) is 19.3. The predicted octanol–water partition coefficient (Wildman–Crippen LogP) is 3.27. The molecule has 2 aliphatic rings. The molecule has 4 amide bonds. The van der Waals surface area contributed by atoms with E-state index in [-0.39, 0.29) is 17.4 Å². The monoisotopic (exact) mass is 488 g/mol. The molecule has 8 nitrogen and oxygen atoms in total. The Bertz CT molecular complexity index is 1380. The molecular formula is C26H21ClN4O4. The van der Waals surface area contributed by atoms with E-state index in [1.165, 1.54) is 0 Å². The number of nitrogens with one attached hydrogen (secondary N) is 2. The lowest BCUT2D eigenvalue weighted by atomic mass is 9.85. The molecule has 2 atom stereocenters. The smallest absolute Gasteiger partial charge is 0.270 e. The Morgan fingerprint density at radius 3 is 2.31 bits per heavy atom. The number of imide groups is 1. The molecule has 1 saturated heterocycles. The molecule has 0 spiro atoms. The van der Waals surface area contributed by atoms with Crippen molar-refractivity contribution < 1.29 is 19.2 Å². The molecule has 2 aromatic carbocycles. The number of pyridine rings is 1. The average Bonchev–Trinajstić information content (AvgIpc) is 3.12. The molecule has 0 radical (unpaired) electrons. The summed E-state index contributed by atoms with van der Waals surface area (Å²) in [5, 5.41) is 1.09. The van der Waals surface area contributed by atoms with E-state index in [0.717, 1.165) is 4.90 Å². The quantitative estimate of drug-likeness (QED) is 0.333. The van der Waals surface area contributed by atoms with Crippen LogP contribution in [-0.4, -0.2) is 40.1 Å². The van der Waals surface area contributed by atoms with E-state index in [1.807, 2.05) is 24.3 Å². The van der Waals surface area contributed by atoms with Crippen molar-refractivity contribution in [3.05, 3.63) is 77.3 Å². The minimum atomic E-state index is -0.670. The molecule has 2 N–H and O–H groups in total. The van der Waals surface area contributed by atoms with Gasteiger partial charge in [0.15, 0.2) is 0 Å². The number of hydrogen-bond donors (Lipinski definition) is 2. The van der Waals surface area contributed by atoms with Crippen molar-refractivity contribution in [1.82, 2.24) is 20.7 Å². The van der Waals surface area contributed by atoms with Crippen LogP contribution in [0, 0.1) is 11.8 Å². The summed E-state index contributed by atoms with van der Waals surface area (Å²) in [7, 11) is 0. The van der Waals surface area contributed by atoms with Crippen LogP contribution in [-0.2, 0) is 14.4 Å². The van der Waals surface area contributed by atoms with Crippen LogP contribution >= 0.6 is 11.6 Å². The van der Waals surface area contributed by atoms with Crippen LogP contribution in [0.25, 0.3) is 22.2 Å². The molecule has 0 unspecified atom stereocenters. The first kappa shape index (κ1) is 22.7. The zero-order chi connectivity index (χ0) is 24.5. The van der Waals surface area contributed by atoms with Crippen LogP contribution in [0.4, 0.5) is 0 Å². The number of halogens is 1. The van der Waals surface area contributed by atoms with Gasteiger partial charge in [0.05, 0.1) is 28.6 Å². The van der Waals surface area contributed by atoms with Crippen molar-refractivity contribution in [3.8, 4) is 11.3 Å². The molecule has 0 bridgehead atoms.